The van der Waals surface area contributed by atoms with Gasteiger partial charge in [0.1, 0.15) is 18.0 Å². The Balaban J connectivity index is 1.41. The maximum Gasteiger partial charge on any atom is 0.373 e. The van der Waals surface area contributed by atoms with Crippen LogP contribution in [0, 0.1) is 0 Å². The molecular formula is C20H18O6. The van der Waals surface area contributed by atoms with Crippen molar-refractivity contribution >= 4 is 22.9 Å². The molecule has 2 aromatic heterocycles. The van der Waals surface area contributed by atoms with E-state index in [9.17, 15) is 9.59 Å². The van der Waals surface area contributed by atoms with Crippen molar-refractivity contribution in [3.63, 3.8) is 0 Å². The van der Waals surface area contributed by atoms with Crippen LogP contribution in [0.3, 0.4) is 0 Å². The topological polar surface area (TPSA) is 78.9 Å². The van der Waals surface area contributed by atoms with Gasteiger partial charge in [-0.2, -0.15) is 0 Å². The van der Waals surface area contributed by atoms with E-state index >= 15 is 0 Å². The van der Waals surface area contributed by atoms with Gasteiger partial charge in [-0.1, -0.05) is 0 Å². The monoisotopic (exact) mass is 354 g/mol. The van der Waals surface area contributed by atoms with Crippen molar-refractivity contribution in [1.82, 2.24) is 0 Å². The molecule has 6 nitrogen and oxygen atoms in total. The zero-order valence-corrected chi connectivity index (χ0v) is 14.4. The van der Waals surface area contributed by atoms with Gasteiger partial charge >= 0.3 is 11.9 Å². The Labute approximate surface area is 149 Å². The molecule has 26 heavy (non-hydrogen) atoms. The summed E-state index contributed by atoms with van der Waals surface area (Å²) >= 11 is 0. The summed E-state index contributed by atoms with van der Waals surface area (Å²) in [5, 5.41) is 0.966. The number of furan rings is 2. The van der Waals surface area contributed by atoms with E-state index < -0.39 is 5.97 Å². The van der Waals surface area contributed by atoms with Crippen LogP contribution in [0.4, 0.5) is 0 Å². The number of aryl methyl sites for hydroxylation is 2. The van der Waals surface area contributed by atoms with E-state index in [-0.39, 0.29) is 24.8 Å². The summed E-state index contributed by atoms with van der Waals surface area (Å²) in [6.45, 7) is -0.0407. The van der Waals surface area contributed by atoms with Crippen LogP contribution in [0.15, 0.2) is 39.4 Å². The Kier molecular flexibility index (Phi) is 4.24. The molecular weight excluding hydrogens is 336 g/mol. The van der Waals surface area contributed by atoms with Gasteiger partial charge in [-0.3, -0.25) is 4.79 Å². The number of hydrogen-bond donors (Lipinski definition) is 0. The zero-order chi connectivity index (χ0) is 18.1. The van der Waals surface area contributed by atoms with Crippen molar-refractivity contribution in [2.75, 3.05) is 7.11 Å². The first-order chi connectivity index (χ1) is 12.6. The molecule has 0 bridgehead atoms. The Bertz CT molecular complexity index is 978. The molecule has 0 spiro atoms. The maximum absolute atomic E-state index is 12.2. The first kappa shape index (κ1) is 16.4. The van der Waals surface area contributed by atoms with Gasteiger partial charge in [0, 0.05) is 10.9 Å². The molecule has 1 aromatic carbocycles. The summed E-state index contributed by atoms with van der Waals surface area (Å²) in [6, 6.07) is 7.26. The number of carbonyl (C=O) groups excluding carboxylic acids is 2. The fraction of sp³-hybridized carbons (Fsp3) is 0.300. The number of methoxy groups -OCH3 is 1. The normalized spacial score (nSPS) is 13.0. The average Bonchev–Trinajstić information content (AvgIpc) is 3.37. The van der Waals surface area contributed by atoms with Gasteiger partial charge in [0.25, 0.3) is 0 Å². The average molecular weight is 354 g/mol. The summed E-state index contributed by atoms with van der Waals surface area (Å²) in [4.78, 5) is 23.5. The van der Waals surface area contributed by atoms with E-state index in [1.807, 2.05) is 0 Å². The smallest absolute Gasteiger partial charge is 0.373 e. The van der Waals surface area contributed by atoms with Crippen LogP contribution < -0.4 is 0 Å². The second-order valence-corrected chi connectivity index (χ2v) is 6.33. The van der Waals surface area contributed by atoms with E-state index in [2.05, 4.69) is 16.9 Å². The number of fused-ring (bicyclic) bond motifs is 2. The molecule has 0 N–H and O–H groups in total. The van der Waals surface area contributed by atoms with Gasteiger partial charge in [-0.25, -0.2) is 4.79 Å². The summed E-state index contributed by atoms with van der Waals surface area (Å²) in [7, 11) is 1.27. The fourth-order valence-electron chi connectivity index (χ4n) is 3.31. The Hall–Kier alpha value is -3.02. The number of benzene rings is 1. The molecule has 2 heterocycles. The molecule has 0 saturated carbocycles. The predicted molar refractivity (Wildman–Crippen MR) is 91.8 cm³/mol. The number of esters is 2. The molecule has 134 valence electrons. The largest absolute Gasteiger partial charge is 0.464 e. The predicted octanol–water partition coefficient (Wildman–Crippen LogP) is 3.59. The SMILES string of the molecule is COC(=O)c1ccc(COC(=O)Cc2coc3cc4c(cc23)CCC4)o1. The van der Waals surface area contributed by atoms with Crippen LogP contribution in [0.5, 0.6) is 0 Å². The van der Waals surface area contributed by atoms with E-state index in [0.717, 1.165) is 35.8 Å². The molecule has 0 aliphatic heterocycles. The molecule has 4 rings (SSSR count). The van der Waals surface area contributed by atoms with Crippen molar-refractivity contribution in [1.29, 1.82) is 0 Å². The van der Waals surface area contributed by atoms with E-state index in [1.54, 1.807) is 12.3 Å². The molecule has 0 unspecified atom stereocenters. The quantitative estimate of drug-likeness (QED) is 0.652. The number of carbonyl (C=O) groups is 2. The zero-order valence-electron chi connectivity index (χ0n) is 14.4. The van der Waals surface area contributed by atoms with Crippen LogP contribution in [-0.2, 0) is 40.1 Å². The molecule has 3 aromatic rings. The summed E-state index contributed by atoms with van der Waals surface area (Å²) in [6.07, 6.45) is 5.05. The van der Waals surface area contributed by atoms with E-state index in [1.165, 1.54) is 24.3 Å². The van der Waals surface area contributed by atoms with Crippen molar-refractivity contribution in [2.24, 2.45) is 0 Å². The van der Waals surface area contributed by atoms with Crippen LogP contribution in [0.1, 0.15) is 39.4 Å². The lowest BCUT2D eigenvalue weighted by atomic mass is 10.0. The first-order valence-corrected chi connectivity index (χ1v) is 8.48. The third-order valence-corrected chi connectivity index (χ3v) is 4.63. The minimum absolute atomic E-state index is 0.0407. The minimum atomic E-state index is -0.569. The maximum atomic E-state index is 12.2. The molecule has 1 aliphatic rings. The van der Waals surface area contributed by atoms with Crippen molar-refractivity contribution < 1.29 is 27.9 Å². The molecule has 6 heteroatoms. The lowest BCUT2D eigenvalue weighted by Gasteiger charge is -2.03. The summed E-state index contributed by atoms with van der Waals surface area (Å²) in [5.74, 6) is -0.494. The summed E-state index contributed by atoms with van der Waals surface area (Å²) < 4.78 is 20.7. The molecule has 0 radical (unpaired) electrons. The lowest BCUT2D eigenvalue weighted by Crippen LogP contribution is -2.07. The van der Waals surface area contributed by atoms with Gasteiger partial charge in [0.15, 0.2) is 0 Å². The molecule has 0 atom stereocenters. The number of rotatable bonds is 5. The highest BCUT2D eigenvalue weighted by atomic mass is 16.5. The second-order valence-electron chi connectivity index (χ2n) is 6.33. The van der Waals surface area contributed by atoms with Gasteiger partial charge in [0.2, 0.25) is 5.76 Å². The van der Waals surface area contributed by atoms with Crippen LogP contribution in [0.2, 0.25) is 0 Å². The van der Waals surface area contributed by atoms with Crippen molar-refractivity contribution in [3.05, 3.63) is 58.7 Å². The number of ether oxygens (including phenoxy) is 2. The van der Waals surface area contributed by atoms with E-state index in [4.69, 9.17) is 13.6 Å². The molecule has 0 amide bonds. The van der Waals surface area contributed by atoms with Crippen LogP contribution >= 0.6 is 0 Å². The molecule has 0 fully saturated rings. The number of hydrogen-bond acceptors (Lipinski definition) is 6. The minimum Gasteiger partial charge on any atom is -0.464 e. The second kappa shape index (κ2) is 6.71. The molecule has 0 saturated heterocycles. The van der Waals surface area contributed by atoms with Gasteiger partial charge in [0.05, 0.1) is 19.8 Å². The highest BCUT2D eigenvalue weighted by molar-refractivity contribution is 5.87. The standard InChI is InChI=1S/C20H18O6/c1-23-20(22)17-6-5-15(26-17)11-25-19(21)9-14-10-24-18-8-13-4-2-3-12(13)7-16(14)18/h5-8,10H,2-4,9,11H2,1H3. The first-order valence-electron chi connectivity index (χ1n) is 8.48. The Morgan fingerprint density at radius 2 is 1.96 bits per heavy atom. The Morgan fingerprint density at radius 1 is 1.15 bits per heavy atom. The third kappa shape index (κ3) is 3.10. The fourth-order valence-corrected chi connectivity index (χ4v) is 3.31. The van der Waals surface area contributed by atoms with Crippen LogP contribution in [0.25, 0.3) is 11.0 Å². The van der Waals surface area contributed by atoms with Gasteiger partial charge in [-0.15, -0.1) is 0 Å². The highest BCUT2D eigenvalue weighted by Crippen LogP contribution is 2.30. The van der Waals surface area contributed by atoms with Crippen molar-refractivity contribution in [2.45, 2.75) is 32.3 Å². The van der Waals surface area contributed by atoms with Crippen molar-refractivity contribution in [3.8, 4) is 0 Å². The third-order valence-electron chi connectivity index (χ3n) is 4.63. The Morgan fingerprint density at radius 3 is 2.77 bits per heavy atom. The van der Waals surface area contributed by atoms with E-state index in [0.29, 0.717) is 5.76 Å². The molecule has 1 aliphatic carbocycles. The van der Waals surface area contributed by atoms with Crippen LogP contribution in [-0.4, -0.2) is 19.0 Å². The summed E-state index contributed by atoms with van der Waals surface area (Å²) in [5.41, 5.74) is 4.29. The highest BCUT2D eigenvalue weighted by Gasteiger charge is 2.18. The lowest BCUT2D eigenvalue weighted by molar-refractivity contribution is -0.144. The van der Waals surface area contributed by atoms with Gasteiger partial charge < -0.3 is 18.3 Å². The van der Waals surface area contributed by atoms with Gasteiger partial charge in [-0.05, 0) is 54.7 Å².